The fraction of sp³-hybridized carbons (Fsp3) is 0.0385. The highest BCUT2D eigenvalue weighted by atomic mass is 16.3. The third-order valence-electron chi connectivity index (χ3n) is 10.7. The molecular weight excluding hydrogens is 711 g/mol. The van der Waals surface area contributed by atoms with E-state index in [4.69, 9.17) is 14.4 Å². The first-order chi connectivity index (χ1) is 28.6. The molecule has 0 radical (unpaired) electrons. The standard InChI is InChI=1S/C52H39N5O/c1-3-4-6-16-34(2)40-21-9-12-24-45(40)53-39-28-29-43-44-32-38(27-30-48(44)58-49(43)33-39)51-54-50(37-20-15-19-36(31-37)35-17-7-5-8-18-35)55-52(56-51)57-46-25-13-10-22-41(46)42-23-11-14-26-47(42)57/h3-33,50,53H,2H2,1H3,(H,54,55,56)/b4-3-,16-6-. The second kappa shape index (κ2) is 14.8. The molecule has 10 rings (SSSR count). The van der Waals surface area contributed by atoms with Crippen molar-refractivity contribution < 1.29 is 4.42 Å². The maximum atomic E-state index is 6.47. The Hall–Kier alpha value is -7.70. The van der Waals surface area contributed by atoms with Gasteiger partial charge in [0.15, 0.2) is 0 Å². The minimum atomic E-state index is -0.394. The van der Waals surface area contributed by atoms with E-state index < -0.39 is 6.17 Å². The molecule has 3 heterocycles. The summed E-state index contributed by atoms with van der Waals surface area (Å²) in [5, 5.41) is 11.7. The summed E-state index contributed by atoms with van der Waals surface area (Å²) < 4.78 is 8.66. The van der Waals surface area contributed by atoms with Crippen molar-refractivity contribution in [3.05, 3.63) is 211 Å². The van der Waals surface area contributed by atoms with Crippen LogP contribution in [-0.2, 0) is 0 Å². The number of benzene rings is 7. The molecule has 58 heavy (non-hydrogen) atoms. The molecule has 0 fully saturated rings. The van der Waals surface area contributed by atoms with Gasteiger partial charge in [0.2, 0.25) is 5.96 Å². The van der Waals surface area contributed by atoms with Gasteiger partial charge in [-0.25, -0.2) is 4.99 Å². The third-order valence-corrected chi connectivity index (χ3v) is 10.7. The molecule has 9 aromatic rings. The zero-order valence-corrected chi connectivity index (χ0v) is 31.9. The molecule has 1 aliphatic rings. The van der Waals surface area contributed by atoms with Crippen LogP contribution in [0.5, 0.6) is 0 Å². The van der Waals surface area contributed by atoms with Crippen LogP contribution in [0, 0.1) is 0 Å². The number of furan rings is 1. The quantitative estimate of drug-likeness (QED) is 0.152. The van der Waals surface area contributed by atoms with E-state index in [1.54, 1.807) is 0 Å². The Morgan fingerprint density at radius 3 is 2.21 bits per heavy atom. The minimum Gasteiger partial charge on any atom is -0.456 e. The minimum absolute atomic E-state index is 0.394. The molecule has 0 spiro atoms. The summed E-state index contributed by atoms with van der Waals surface area (Å²) in [6.07, 6.45) is 7.63. The second-order valence-electron chi connectivity index (χ2n) is 14.4. The normalized spacial score (nSPS) is 14.4. The van der Waals surface area contributed by atoms with Gasteiger partial charge in [-0.05, 0) is 83.8 Å². The van der Waals surface area contributed by atoms with Crippen molar-refractivity contribution in [2.45, 2.75) is 13.1 Å². The van der Waals surface area contributed by atoms with E-state index in [9.17, 15) is 0 Å². The summed E-state index contributed by atoms with van der Waals surface area (Å²) in [7, 11) is 0. The molecule has 278 valence electrons. The number of nitrogens with zero attached hydrogens (tertiary/aromatic N) is 3. The van der Waals surface area contributed by atoms with Crippen LogP contribution in [0.25, 0.3) is 60.4 Å². The maximum absolute atomic E-state index is 6.47. The maximum Gasteiger partial charge on any atom is 0.234 e. The van der Waals surface area contributed by atoms with Gasteiger partial charge in [0.05, 0.1) is 11.0 Å². The Balaban J connectivity index is 1.05. The van der Waals surface area contributed by atoms with Crippen molar-refractivity contribution >= 4 is 72.5 Å². The Kier molecular flexibility index (Phi) is 8.84. The summed E-state index contributed by atoms with van der Waals surface area (Å²) in [4.78, 5) is 10.6. The van der Waals surface area contributed by atoms with Crippen LogP contribution in [0.2, 0.25) is 0 Å². The molecule has 0 saturated heterocycles. The largest absolute Gasteiger partial charge is 0.456 e. The SMILES string of the molecule is C=C(/C=C\C=C/C)c1ccccc1Nc1ccc2c(c1)oc1ccc(C3=NC(n4c5ccccc5c5ccccc54)=NC(c4cccc(-c5ccccc5)c4)N3)cc12. The number of para-hydroxylation sites is 3. The van der Waals surface area contributed by atoms with Crippen LogP contribution in [0.1, 0.15) is 29.8 Å². The summed E-state index contributed by atoms with van der Waals surface area (Å²) in [5.41, 5.74) is 11.8. The molecule has 1 aliphatic heterocycles. The fourth-order valence-corrected chi connectivity index (χ4v) is 7.91. The van der Waals surface area contributed by atoms with Crippen molar-refractivity contribution in [1.29, 1.82) is 0 Å². The number of hydrogen-bond donors (Lipinski definition) is 2. The Morgan fingerprint density at radius 2 is 1.40 bits per heavy atom. The van der Waals surface area contributed by atoms with Gasteiger partial charge in [0, 0.05) is 50.1 Å². The highest BCUT2D eigenvalue weighted by molar-refractivity contribution is 6.18. The topological polar surface area (TPSA) is 66.8 Å². The second-order valence-corrected chi connectivity index (χ2v) is 14.4. The first kappa shape index (κ1) is 34.8. The number of nitrogens with one attached hydrogen (secondary N) is 2. The molecule has 7 aromatic carbocycles. The van der Waals surface area contributed by atoms with Gasteiger partial charge in [-0.2, -0.15) is 4.99 Å². The summed E-state index contributed by atoms with van der Waals surface area (Å²) in [6.45, 7) is 6.31. The summed E-state index contributed by atoms with van der Waals surface area (Å²) in [5.74, 6) is 1.35. The van der Waals surface area contributed by atoms with Crippen LogP contribution >= 0.6 is 0 Å². The molecule has 1 atom stereocenters. The van der Waals surface area contributed by atoms with E-state index >= 15 is 0 Å². The molecule has 0 amide bonds. The van der Waals surface area contributed by atoms with Crippen LogP contribution in [-0.4, -0.2) is 16.4 Å². The van der Waals surface area contributed by atoms with Crippen molar-refractivity contribution in [2.75, 3.05) is 5.32 Å². The molecule has 2 aromatic heterocycles. The number of rotatable bonds is 8. The van der Waals surface area contributed by atoms with Crippen LogP contribution < -0.4 is 10.6 Å². The smallest absolute Gasteiger partial charge is 0.234 e. The van der Waals surface area contributed by atoms with E-state index in [1.807, 2.05) is 55.5 Å². The Morgan fingerprint density at radius 1 is 0.655 bits per heavy atom. The molecule has 2 N–H and O–H groups in total. The number of aliphatic imine (C=N–C) groups is 2. The van der Waals surface area contributed by atoms with Crippen LogP contribution in [0.4, 0.5) is 11.4 Å². The number of fused-ring (bicyclic) bond motifs is 6. The Labute approximate surface area is 336 Å². The lowest BCUT2D eigenvalue weighted by atomic mass is 10.0. The lowest BCUT2D eigenvalue weighted by Crippen LogP contribution is -2.35. The summed E-state index contributed by atoms with van der Waals surface area (Å²) >= 11 is 0. The van der Waals surface area contributed by atoms with Gasteiger partial charge in [0.25, 0.3) is 0 Å². The Bertz CT molecular complexity index is 3110. The number of allylic oxidation sites excluding steroid dienone is 5. The van der Waals surface area contributed by atoms with Crippen LogP contribution in [0.15, 0.2) is 209 Å². The molecule has 0 bridgehead atoms. The monoisotopic (exact) mass is 749 g/mol. The van der Waals surface area contributed by atoms with E-state index in [2.05, 4.69) is 161 Å². The lowest BCUT2D eigenvalue weighted by molar-refractivity contribution is 0.667. The lowest BCUT2D eigenvalue weighted by Gasteiger charge is -2.24. The van der Waals surface area contributed by atoms with Crippen molar-refractivity contribution in [2.24, 2.45) is 9.98 Å². The number of anilines is 2. The average molecular weight is 750 g/mol. The fourth-order valence-electron chi connectivity index (χ4n) is 7.91. The van der Waals surface area contributed by atoms with E-state index in [0.29, 0.717) is 5.96 Å². The number of aromatic nitrogens is 1. The first-order valence-corrected chi connectivity index (χ1v) is 19.5. The van der Waals surface area contributed by atoms with Gasteiger partial charge >= 0.3 is 0 Å². The van der Waals surface area contributed by atoms with Crippen molar-refractivity contribution in [1.82, 2.24) is 9.88 Å². The van der Waals surface area contributed by atoms with Gasteiger partial charge in [0.1, 0.15) is 23.2 Å². The predicted octanol–water partition coefficient (Wildman–Crippen LogP) is 13.2. The molecule has 0 saturated carbocycles. The molecule has 0 aliphatic carbocycles. The van der Waals surface area contributed by atoms with Crippen molar-refractivity contribution in [3.8, 4) is 11.1 Å². The number of hydrogen-bond acceptors (Lipinski definition) is 5. The third kappa shape index (κ3) is 6.36. The number of amidine groups is 1. The van der Waals surface area contributed by atoms with Gasteiger partial charge < -0.3 is 15.1 Å². The summed E-state index contributed by atoms with van der Waals surface area (Å²) in [6, 6.07) is 56.7. The van der Waals surface area contributed by atoms with E-state index in [-0.39, 0.29) is 0 Å². The predicted molar refractivity (Wildman–Crippen MR) is 243 cm³/mol. The molecule has 6 nitrogen and oxygen atoms in total. The molecule has 1 unspecified atom stereocenters. The van der Waals surface area contributed by atoms with Crippen molar-refractivity contribution in [3.63, 3.8) is 0 Å². The molecular formula is C52H39N5O. The van der Waals surface area contributed by atoms with Gasteiger partial charge in [-0.15, -0.1) is 0 Å². The first-order valence-electron chi connectivity index (χ1n) is 19.5. The van der Waals surface area contributed by atoms with E-state index in [0.717, 1.165) is 94.3 Å². The molecule has 6 heteroatoms. The zero-order valence-electron chi connectivity index (χ0n) is 31.9. The highest BCUT2D eigenvalue weighted by Gasteiger charge is 2.25. The average Bonchev–Trinajstić information content (AvgIpc) is 3.82. The van der Waals surface area contributed by atoms with Crippen LogP contribution in [0.3, 0.4) is 0 Å². The zero-order chi connectivity index (χ0) is 39.0. The van der Waals surface area contributed by atoms with E-state index in [1.165, 1.54) is 0 Å². The van der Waals surface area contributed by atoms with Gasteiger partial charge in [-0.1, -0.05) is 134 Å². The van der Waals surface area contributed by atoms with Gasteiger partial charge in [-0.3, -0.25) is 4.57 Å². The highest BCUT2D eigenvalue weighted by Crippen LogP contribution is 2.35.